The van der Waals surface area contributed by atoms with Gasteiger partial charge in [0.1, 0.15) is 11.2 Å². The molecule has 0 aliphatic heterocycles. The van der Waals surface area contributed by atoms with Gasteiger partial charge < -0.3 is 4.42 Å². The molecule has 0 aliphatic rings. The summed E-state index contributed by atoms with van der Waals surface area (Å²) < 4.78 is 8.50. The summed E-state index contributed by atoms with van der Waals surface area (Å²) in [6.45, 7) is 4.30. The van der Waals surface area contributed by atoms with Gasteiger partial charge in [0.25, 0.3) is 0 Å². The highest BCUT2D eigenvalue weighted by molar-refractivity contribution is 6.09. The van der Waals surface area contributed by atoms with Gasteiger partial charge in [0.2, 0.25) is 0 Å². The number of benzene rings is 5. The topological polar surface area (TPSA) is 43.9 Å². The molecule has 7 rings (SSSR count). The predicted octanol–water partition coefficient (Wildman–Crippen LogP) is 8.78. The Morgan fingerprint density at radius 1 is 0.553 bits per heavy atom. The van der Waals surface area contributed by atoms with Crippen LogP contribution in [0.4, 0.5) is 0 Å². The van der Waals surface area contributed by atoms with Crippen molar-refractivity contribution in [2.45, 2.75) is 13.8 Å². The Labute approximate surface area is 220 Å². The molecule has 0 radical (unpaired) electrons. The molecule has 0 saturated carbocycles. The summed E-state index contributed by atoms with van der Waals surface area (Å²) in [6.07, 6.45) is 0. The molecule has 2 heterocycles. The minimum Gasteiger partial charge on any atom is -0.455 e. The summed E-state index contributed by atoms with van der Waals surface area (Å²) in [4.78, 5) is 0. The zero-order chi connectivity index (χ0) is 25.6. The van der Waals surface area contributed by atoms with Gasteiger partial charge in [-0.3, -0.25) is 4.57 Å². The van der Waals surface area contributed by atoms with Crippen molar-refractivity contribution >= 4 is 21.9 Å². The second-order valence-corrected chi connectivity index (χ2v) is 9.65. The number of rotatable bonds is 4. The van der Waals surface area contributed by atoms with Gasteiger partial charge in [-0.15, -0.1) is 10.2 Å². The zero-order valence-electron chi connectivity index (χ0n) is 21.2. The zero-order valence-corrected chi connectivity index (χ0v) is 21.2. The quantitative estimate of drug-likeness (QED) is 0.247. The van der Waals surface area contributed by atoms with E-state index in [4.69, 9.17) is 9.52 Å². The third-order valence-electron chi connectivity index (χ3n) is 7.22. The van der Waals surface area contributed by atoms with Gasteiger partial charge in [-0.25, -0.2) is 0 Å². The smallest absolute Gasteiger partial charge is 0.169 e. The molecular formula is C34H25N3O. The van der Waals surface area contributed by atoms with Crippen LogP contribution in [0, 0.1) is 13.8 Å². The van der Waals surface area contributed by atoms with Crippen LogP contribution in [-0.2, 0) is 0 Å². The molecule has 0 unspecified atom stereocenters. The summed E-state index contributed by atoms with van der Waals surface area (Å²) in [5.41, 5.74) is 9.47. The van der Waals surface area contributed by atoms with Crippen molar-refractivity contribution in [1.82, 2.24) is 14.8 Å². The summed E-state index contributed by atoms with van der Waals surface area (Å²) in [6, 6.07) is 39.6. The molecular weight excluding hydrogens is 466 g/mol. The number of nitrogens with zero attached hydrogens (tertiary/aromatic N) is 3. The van der Waals surface area contributed by atoms with Gasteiger partial charge in [-0.2, -0.15) is 0 Å². The number of para-hydroxylation sites is 3. The van der Waals surface area contributed by atoms with Crippen molar-refractivity contribution in [3.05, 3.63) is 126 Å². The lowest BCUT2D eigenvalue weighted by Gasteiger charge is -2.15. The minimum absolute atomic E-state index is 0.819. The maximum Gasteiger partial charge on any atom is 0.169 e. The van der Waals surface area contributed by atoms with E-state index >= 15 is 0 Å². The van der Waals surface area contributed by atoms with Gasteiger partial charge in [0.15, 0.2) is 11.6 Å². The Balaban J connectivity index is 1.42. The Hall–Kier alpha value is -4.96. The van der Waals surface area contributed by atoms with Crippen molar-refractivity contribution in [2.24, 2.45) is 0 Å². The lowest BCUT2D eigenvalue weighted by molar-refractivity contribution is 0.670. The molecule has 0 N–H and O–H groups in total. The SMILES string of the molecule is Cc1cc(-c2nnc(-c3ccccc3)n2-c2ccccc2)c(C)cc1-c1cccc2c1oc1ccccc12. The molecule has 2 aromatic heterocycles. The van der Waals surface area contributed by atoms with E-state index in [0.717, 1.165) is 72.7 Å². The van der Waals surface area contributed by atoms with Crippen LogP contribution in [0.2, 0.25) is 0 Å². The van der Waals surface area contributed by atoms with Crippen LogP contribution in [0.25, 0.3) is 61.5 Å². The Morgan fingerprint density at radius 3 is 2.00 bits per heavy atom. The first-order valence-corrected chi connectivity index (χ1v) is 12.8. The number of aromatic nitrogens is 3. The summed E-state index contributed by atoms with van der Waals surface area (Å²) >= 11 is 0. The normalized spacial score (nSPS) is 11.4. The molecule has 0 amide bonds. The maximum absolute atomic E-state index is 6.35. The highest BCUT2D eigenvalue weighted by atomic mass is 16.3. The molecule has 0 bridgehead atoms. The van der Waals surface area contributed by atoms with E-state index < -0.39 is 0 Å². The Morgan fingerprint density at radius 2 is 1.18 bits per heavy atom. The van der Waals surface area contributed by atoms with Crippen LogP contribution in [0.5, 0.6) is 0 Å². The lowest BCUT2D eigenvalue weighted by atomic mass is 9.93. The van der Waals surface area contributed by atoms with Gasteiger partial charge in [0.05, 0.1) is 0 Å². The average Bonchev–Trinajstić information content (AvgIpc) is 3.57. The first-order valence-electron chi connectivity index (χ1n) is 12.8. The number of furan rings is 1. The highest BCUT2D eigenvalue weighted by Gasteiger charge is 2.20. The molecule has 4 nitrogen and oxygen atoms in total. The standard InChI is InChI=1S/C34H25N3O/c1-22-21-30(34-36-35-33(24-12-5-3-6-13-24)37(34)25-14-7-4-8-15-25)23(2)20-29(22)28-18-11-17-27-26-16-9-10-19-31(26)38-32(27)28/h3-21H,1-2H3. The van der Waals surface area contributed by atoms with Gasteiger partial charge >= 0.3 is 0 Å². The van der Waals surface area contributed by atoms with E-state index in [1.807, 2.05) is 48.5 Å². The van der Waals surface area contributed by atoms with Crippen molar-refractivity contribution in [1.29, 1.82) is 0 Å². The molecule has 0 fully saturated rings. The number of fused-ring (bicyclic) bond motifs is 3. The highest BCUT2D eigenvalue weighted by Crippen LogP contribution is 2.39. The van der Waals surface area contributed by atoms with E-state index in [-0.39, 0.29) is 0 Å². The van der Waals surface area contributed by atoms with Crippen molar-refractivity contribution in [2.75, 3.05) is 0 Å². The number of hydrogen-bond acceptors (Lipinski definition) is 3. The van der Waals surface area contributed by atoms with Crippen LogP contribution in [-0.4, -0.2) is 14.8 Å². The van der Waals surface area contributed by atoms with Crippen molar-refractivity contribution in [3.8, 4) is 39.6 Å². The van der Waals surface area contributed by atoms with Gasteiger partial charge in [-0.1, -0.05) is 91.0 Å². The third-order valence-corrected chi connectivity index (χ3v) is 7.22. The fourth-order valence-corrected chi connectivity index (χ4v) is 5.36. The number of hydrogen-bond donors (Lipinski definition) is 0. The molecule has 182 valence electrons. The van der Waals surface area contributed by atoms with E-state index in [9.17, 15) is 0 Å². The van der Waals surface area contributed by atoms with E-state index in [1.165, 1.54) is 0 Å². The predicted molar refractivity (Wildman–Crippen MR) is 154 cm³/mol. The third kappa shape index (κ3) is 3.53. The van der Waals surface area contributed by atoms with Crippen LogP contribution >= 0.6 is 0 Å². The largest absolute Gasteiger partial charge is 0.455 e. The van der Waals surface area contributed by atoms with Crippen LogP contribution in [0.1, 0.15) is 11.1 Å². The van der Waals surface area contributed by atoms with Crippen molar-refractivity contribution < 1.29 is 4.42 Å². The first kappa shape index (κ1) is 22.3. The van der Waals surface area contributed by atoms with Crippen LogP contribution in [0.15, 0.2) is 120 Å². The van der Waals surface area contributed by atoms with Gasteiger partial charge in [-0.05, 0) is 54.8 Å². The average molecular weight is 492 g/mol. The van der Waals surface area contributed by atoms with Crippen LogP contribution < -0.4 is 0 Å². The molecule has 0 saturated heterocycles. The molecule has 0 aliphatic carbocycles. The summed E-state index contributed by atoms with van der Waals surface area (Å²) in [7, 11) is 0. The molecule has 7 aromatic rings. The Bertz CT molecular complexity index is 1930. The second kappa shape index (κ2) is 8.86. The van der Waals surface area contributed by atoms with E-state index in [1.54, 1.807) is 0 Å². The fourth-order valence-electron chi connectivity index (χ4n) is 5.36. The van der Waals surface area contributed by atoms with Gasteiger partial charge in [0, 0.05) is 33.2 Å². The van der Waals surface area contributed by atoms with Crippen LogP contribution in [0.3, 0.4) is 0 Å². The first-order chi connectivity index (χ1) is 18.7. The van der Waals surface area contributed by atoms with E-state index in [2.05, 4.69) is 90.2 Å². The monoisotopic (exact) mass is 491 g/mol. The van der Waals surface area contributed by atoms with Crippen molar-refractivity contribution in [3.63, 3.8) is 0 Å². The fraction of sp³-hybridized carbons (Fsp3) is 0.0588. The lowest BCUT2D eigenvalue weighted by Crippen LogP contribution is -2.02. The summed E-state index contributed by atoms with van der Waals surface area (Å²) in [5, 5.41) is 11.6. The molecule has 38 heavy (non-hydrogen) atoms. The second-order valence-electron chi connectivity index (χ2n) is 9.65. The van der Waals surface area contributed by atoms with E-state index in [0.29, 0.717) is 0 Å². The number of aryl methyl sites for hydroxylation is 2. The molecule has 5 aromatic carbocycles. The summed E-state index contributed by atoms with van der Waals surface area (Å²) in [5.74, 6) is 1.64. The molecule has 0 spiro atoms. The maximum atomic E-state index is 6.35. The molecule has 4 heteroatoms. The molecule has 0 atom stereocenters. The Kier molecular flexibility index (Phi) is 5.19. The minimum atomic E-state index is 0.819.